The van der Waals surface area contributed by atoms with Gasteiger partial charge in [-0.1, -0.05) is 6.07 Å². The van der Waals surface area contributed by atoms with Gasteiger partial charge in [-0.25, -0.2) is 0 Å². The molecule has 5 nitrogen and oxygen atoms in total. The second-order valence-corrected chi connectivity index (χ2v) is 4.78. The Bertz CT molecular complexity index is 766. The van der Waals surface area contributed by atoms with E-state index in [-0.39, 0.29) is 5.57 Å². The summed E-state index contributed by atoms with van der Waals surface area (Å²) >= 11 is 0. The molecule has 5 heteroatoms. The summed E-state index contributed by atoms with van der Waals surface area (Å²) in [4.78, 5) is 12.2. The fraction of sp³-hybridized carbons (Fsp3) is 0.176. The van der Waals surface area contributed by atoms with Crippen LogP contribution < -0.4 is 10.1 Å². The fourth-order valence-corrected chi connectivity index (χ4v) is 1.93. The molecule has 0 bridgehead atoms. The van der Waals surface area contributed by atoms with Crippen molar-refractivity contribution in [3.63, 3.8) is 0 Å². The number of nitriles is 1. The summed E-state index contributed by atoms with van der Waals surface area (Å²) in [6, 6.07) is 10.8. The molecule has 0 spiro atoms. The fourth-order valence-electron chi connectivity index (χ4n) is 1.93. The van der Waals surface area contributed by atoms with Gasteiger partial charge < -0.3 is 14.5 Å². The standard InChI is InChI=1S/C17H16N2O3/c1-11-4-7-16(21-3)15(8-11)19-17(20)13(10-18)9-14-6-5-12(2)22-14/h4-9H,1-3H3,(H,19,20). The summed E-state index contributed by atoms with van der Waals surface area (Å²) in [5, 5.41) is 11.9. The molecule has 0 saturated carbocycles. The van der Waals surface area contributed by atoms with Crippen LogP contribution in [0.3, 0.4) is 0 Å². The van der Waals surface area contributed by atoms with Crippen molar-refractivity contribution >= 4 is 17.7 Å². The maximum atomic E-state index is 12.2. The molecule has 2 rings (SSSR count). The number of nitrogens with one attached hydrogen (secondary N) is 1. The number of furan rings is 1. The van der Waals surface area contributed by atoms with Crippen LogP contribution in [0.4, 0.5) is 5.69 Å². The van der Waals surface area contributed by atoms with Crippen molar-refractivity contribution in [2.24, 2.45) is 0 Å². The van der Waals surface area contributed by atoms with Gasteiger partial charge in [0, 0.05) is 6.08 Å². The number of hydrogen-bond acceptors (Lipinski definition) is 4. The third-order valence-electron chi connectivity index (χ3n) is 3.02. The lowest BCUT2D eigenvalue weighted by Crippen LogP contribution is -2.14. The maximum Gasteiger partial charge on any atom is 0.266 e. The van der Waals surface area contributed by atoms with Crippen molar-refractivity contribution in [2.75, 3.05) is 12.4 Å². The number of ether oxygens (including phenoxy) is 1. The number of methoxy groups -OCH3 is 1. The normalized spacial score (nSPS) is 10.9. The lowest BCUT2D eigenvalue weighted by Gasteiger charge is -2.10. The summed E-state index contributed by atoms with van der Waals surface area (Å²) in [5.41, 5.74) is 1.45. The molecule has 0 unspecified atom stereocenters. The molecule has 0 aliphatic carbocycles. The van der Waals surface area contributed by atoms with Crippen LogP contribution in [0.2, 0.25) is 0 Å². The van der Waals surface area contributed by atoms with Crippen LogP contribution in [-0.4, -0.2) is 13.0 Å². The largest absolute Gasteiger partial charge is 0.495 e. The molecule has 2 aromatic rings. The van der Waals surface area contributed by atoms with Crippen molar-refractivity contribution in [3.05, 3.63) is 53.0 Å². The van der Waals surface area contributed by atoms with E-state index in [2.05, 4.69) is 5.32 Å². The molecule has 1 aromatic heterocycles. The van der Waals surface area contributed by atoms with E-state index in [1.54, 1.807) is 31.2 Å². The number of benzene rings is 1. The summed E-state index contributed by atoms with van der Waals surface area (Å²) in [7, 11) is 1.52. The summed E-state index contributed by atoms with van der Waals surface area (Å²) in [6.07, 6.45) is 1.41. The Morgan fingerprint density at radius 1 is 1.32 bits per heavy atom. The van der Waals surface area contributed by atoms with E-state index in [4.69, 9.17) is 9.15 Å². The number of hydrogen-bond donors (Lipinski definition) is 1. The third kappa shape index (κ3) is 3.55. The van der Waals surface area contributed by atoms with E-state index < -0.39 is 5.91 Å². The van der Waals surface area contributed by atoms with E-state index in [0.29, 0.717) is 23.0 Å². The lowest BCUT2D eigenvalue weighted by molar-refractivity contribution is -0.112. The number of nitrogens with zero attached hydrogens (tertiary/aromatic N) is 1. The van der Waals surface area contributed by atoms with Crippen LogP contribution in [0.15, 0.2) is 40.3 Å². The van der Waals surface area contributed by atoms with Gasteiger partial charge in [0.25, 0.3) is 5.91 Å². The van der Waals surface area contributed by atoms with Gasteiger partial charge >= 0.3 is 0 Å². The minimum atomic E-state index is -0.513. The zero-order valence-electron chi connectivity index (χ0n) is 12.6. The lowest BCUT2D eigenvalue weighted by atomic mass is 10.2. The van der Waals surface area contributed by atoms with Gasteiger partial charge in [-0.05, 0) is 43.7 Å². The second kappa shape index (κ2) is 6.64. The van der Waals surface area contributed by atoms with Crippen molar-refractivity contribution in [1.29, 1.82) is 5.26 Å². The molecular formula is C17H16N2O3. The van der Waals surface area contributed by atoms with Crippen molar-refractivity contribution in [2.45, 2.75) is 13.8 Å². The van der Waals surface area contributed by atoms with Crippen LogP contribution in [0.25, 0.3) is 6.08 Å². The van der Waals surface area contributed by atoms with Crippen molar-refractivity contribution in [3.8, 4) is 11.8 Å². The molecule has 0 atom stereocenters. The summed E-state index contributed by atoms with van der Waals surface area (Å²) in [6.45, 7) is 3.70. The molecule has 112 valence electrons. The average Bonchev–Trinajstić information content (AvgIpc) is 2.90. The van der Waals surface area contributed by atoms with E-state index in [1.165, 1.54) is 13.2 Å². The monoisotopic (exact) mass is 296 g/mol. The van der Waals surface area contributed by atoms with Gasteiger partial charge in [0.15, 0.2) is 0 Å². The molecule has 0 radical (unpaired) electrons. The number of anilines is 1. The minimum Gasteiger partial charge on any atom is -0.495 e. The van der Waals surface area contributed by atoms with Crippen molar-refractivity contribution < 1.29 is 13.9 Å². The van der Waals surface area contributed by atoms with E-state index in [9.17, 15) is 10.1 Å². The first-order valence-corrected chi connectivity index (χ1v) is 6.67. The highest BCUT2D eigenvalue weighted by Gasteiger charge is 2.13. The Kier molecular flexibility index (Phi) is 4.64. The van der Waals surface area contributed by atoms with Crippen molar-refractivity contribution in [1.82, 2.24) is 0 Å². The number of carbonyl (C=O) groups is 1. The zero-order valence-corrected chi connectivity index (χ0v) is 12.6. The molecular weight excluding hydrogens is 280 g/mol. The average molecular weight is 296 g/mol. The van der Waals surface area contributed by atoms with Gasteiger partial charge in [-0.2, -0.15) is 5.26 Å². The highest BCUT2D eigenvalue weighted by Crippen LogP contribution is 2.25. The molecule has 22 heavy (non-hydrogen) atoms. The van der Waals surface area contributed by atoms with Crippen LogP contribution in [-0.2, 0) is 4.79 Å². The Labute approximate surface area is 128 Å². The number of carbonyl (C=O) groups excluding carboxylic acids is 1. The zero-order chi connectivity index (χ0) is 16.1. The van der Waals surface area contributed by atoms with Crippen LogP contribution in [0.1, 0.15) is 17.1 Å². The van der Waals surface area contributed by atoms with Gasteiger partial charge in [-0.15, -0.1) is 0 Å². The van der Waals surface area contributed by atoms with Crippen LogP contribution >= 0.6 is 0 Å². The van der Waals surface area contributed by atoms with E-state index in [0.717, 1.165) is 5.56 Å². The van der Waals surface area contributed by atoms with Gasteiger partial charge in [0.1, 0.15) is 28.9 Å². The van der Waals surface area contributed by atoms with Gasteiger partial charge in [-0.3, -0.25) is 4.79 Å². The molecule has 1 heterocycles. The Balaban J connectivity index is 2.25. The predicted octanol–water partition coefficient (Wildman–Crippen LogP) is 3.45. The quantitative estimate of drug-likeness (QED) is 0.692. The molecule has 0 fully saturated rings. The number of rotatable bonds is 4. The number of amides is 1. The third-order valence-corrected chi connectivity index (χ3v) is 3.02. The molecule has 1 aromatic carbocycles. The van der Waals surface area contributed by atoms with Gasteiger partial charge in [0.2, 0.25) is 0 Å². The topological polar surface area (TPSA) is 75.3 Å². The summed E-state index contributed by atoms with van der Waals surface area (Å²) < 4.78 is 10.5. The molecule has 0 aliphatic heterocycles. The first-order chi connectivity index (χ1) is 10.5. The Morgan fingerprint density at radius 2 is 2.09 bits per heavy atom. The first-order valence-electron chi connectivity index (χ1n) is 6.67. The van der Waals surface area contributed by atoms with E-state index >= 15 is 0 Å². The molecule has 1 amide bonds. The van der Waals surface area contributed by atoms with Crippen LogP contribution in [0.5, 0.6) is 5.75 Å². The van der Waals surface area contributed by atoms with Gasteiger partial charge in [0.05, 0.1) is 12.8 Å². The molecule has 0 aliphatic rings. The number of aryl methyl sites for hydroxylation is 2. The maximum absolute atomic E-state index is 12.2. The minimum absolute atomic E-state index is 0.0436. The Hall–Kier alpha value is -3.00. The van der Waals surface area contributed by atoms with Crippen LogP contribution in [0, 0.1) is 25.2 Å². The highest BCUT2D eigenvalue weighted by atomic mass is 16.5. The molecule has 0 saturated heterocycles. The highest BCUT2D eigenvalue weighted by molar-refractivity contribution is 6.10. The smallest absolute Gasteiger partial charge is 0.266 e. The first kappa shape index (κ1) is 15.4. The van der Waals surface area contributed by atoms with E-state index in [1.807, 2.05) is 19.1 Å². The predicted molar refractivity (Wildman–Crippen MR) is 83.4 cm³/mol. The molecule has 1 N–H and O–H groups in total. The second-order valence-electron chi connectivity index (χ2n) is 4.78. The SMILES string of the molecule is COc1ccc(C)cc1NC(=O)C(C#N)=Cc1ccc(C)o1. The Morgan fingerprint density at radius 3 is 2.68 bits per heavy atom. The summed E-state index contributed by atoms with van der Waals surface area (Å²) in [5.74, 6) is 1.19.